The van der Waals surface area contributed by atoms with Gasteiger partial charge in [0.05, 0.1) is 17.1 Å². The molecule has 0 unspecified atom stereocenters. The van der Waals surface area contributed by atoms with Crippen LogP contribution in [0.5, 0.6) is 11.5 Å². The van der Waals surface area contributed by atoms with E-state index in [0.29, 0.717) is 23.6 Å². The molecule has 1 N–H and O–H groups in total. The fourth-order valence-electron chi connectivity index (χ4n) is 6.63. The van der Waals surface area contributed by atoms with Crippen LogP contribution in [0.4, 0.5) is 17.1 Å². The Morgan fingerprint density at radius 1 is 0.755 bits per heavy atom. The van der Waals surface area contributed by atoms with Crippen molar-refractivity contribution in [1.29, 1.82) is 0 Å². The largest absolute Gasteiger partial charge is 0.456 e. The van der Waals surface area contributed by atoms with Crippen molar-refractivity contribution in [3.8, 4) is 11.5 Å². The van der Waals surface area contributed by atoms with E-state index in [2.05, 4.69) is 41.0 Å². The summed E-state index contributed by atoms with van der Waals surface area (Å²) < 4.78 is 40.8. The number of hydrazone groups is 1. The molecule has 1 atom stereocenters. The van der Waals surface area contributed by atoms with Crippen molar-refractivity contribution in [2.24, 2.45) is 15.3 Å². The molecular formula is C42H59N5O5S. The number of hydrogen-bond donors (Lipinski definition) is 1. The maximum absolute atomic E-state index is 13.9. The van der Waals surface area contributed by atoms with E-state index in [4.69, 9.17) is 4.74 Å². The molecule has 0 aromatic heterocycles. The Hall–Kier alpha value is -4.09. The number of para-hydroxylation sites is 1. The van der Waals surface area contributed by atoms with Crippen molar-refractivity contribution in [3.05, 3.63) is 72.8 Å². The SMILES string of the molecule is CCCCCCCCCCCCCCCCCC1=NN(c2ccc(Oc3ccccc3)c(S(=O)(=O)O)c2)C(=O)[C@H]1N=Nc1ccc(N(CC)CC)cc1. The molecule has 0 bridgehead atoms. The van der Waals surface area contributed by atoms with Gasteiger partial charge in [0.2, 0.25) is 0 Å². The first-order chi connectivity index (χ1) is 25.7. The number of nitrogens with zero attached hydrogens (tertiary/aromatic N) is 5. The lowest BCUT2D eigenvalue weighted by Gasteiger charge is -2.20. The Balaban J connectivity index is 1.39. The zero-order valence-corrected chi connectivity index (χ0v) is 32.8. The van der Waals surface area contributed by atoms with E-state index in [0.717, 1.165) is 43.0 Å². The Morgan fingerprint density at radius 3 is 1.87 bits per heavy atom. The fraction of sp³-hybridized carbons (Fsp3) is 0.524. The summed E-state index contributed by atoms with van der Waals surface area (Å²) in [7, 11) is -4.70. The van der Waals surface area contributed by atoms with E-state index >= 15 is 0 Å². The summed E-state index contributed by atoms with van der Waals surface area (Å²) in [6.07, 6.45) is 19.4. The summed E-state index contributed by atoms with van der Waals surface area (Å²) in [6.45, 7) is 8.26. The molecule has 288 valence electrons. The average Bonchev–Trinajstić information content (AvgIpc) is 3.47. The molecule has 0 aliphatic carbocycles. The van der Waals surface area contributed by atoms with Crippen molar-refractivity contribution >= 4 is 38.8 Å². The molecule has 0 saturated carbocycles. The molecule has 1 aliphatic rings. The minimum absolute atomic E-state index is 0.0690. The molecule has 10 nitrogen and oxygen atoms in total. The average molecular weight is 746 g/mol. The molecule has 1 amide bonds. The second kappa shape index (κ2) is 22.2. The van der Waals surface area contributed by atoms with Crippen molar-refractivity contribution < 1.29 is 22.5 Å². The van der Waals surface area contributed by atoms with E-state index in [1.807, 2.05) is 30.3 Å². The van der Waals surface area contributed by atoms with Crippen LogP contribution in [0, 0.1) is 0 Å². The van der Waals surface area contributed by atoms with Gasteiger partial charge in [-0.2, -0.15) is 28.8 Å². The van der Waals surface area contributed by atoms with Gasteiger partial charge in [0.1, 0.15) is 16.4 Å². The van der Waals surface area contributed by atoms with Gasteiger partial charge < -0.3 is 9.64 Å². The second-order valence-electron chi connectivity index (χ2n) is 13.8. The Morgan fingerprint density at radius 2 is 1.32 bits per heavy atom. The Kier molecular flexibility index (Phi) is 17.5. The summed E-state index contributed by atoms with van der Waals surface area (Å²) in [5, 5.41) is 14.7. The smallest absolute Gasteiger partial charge is 0.298 e. The minimum atomic E-state index is -4.70. The molecule has 3 aromatic rings. The summed E-state index contributed by atoms with van der Waals surface area (Å²) in [4.78, 5) is 15.6. The lowest BCUT2D eigenvalue weighted by molar-refractivity contribution is -0.117. The number of hydrogen-bond acceptors (Lipinski definition) is 8. The quantitative estimate of drug-likeness (QED) is 0.0523. The van der Waals surface area contributed by atoms with Crippen molar-refractivity contribution in [3.63, 3.8) is 0 Å². The molecular weight excluding hydrogens is 687 g/mol. The van der Waals surface area contributed by atoms with Crippen LogP contribution in [0.2, 0.25) is 0 Å². The number of carbonyl (C=O) groups is 1. The molecule has 11 heteroatoms. The highest BCUT2D eigenvalue weighted by molar-refractivity contribution is 7.86. The normalized spacial score (nSPS) is 14.6. The van der Waals surface area contributed by atoms with Gasteiger partial charge in [-0.3, -0.25) is 9.35 Å². The highest BCUT2D eigenvalue weighted by atomic mass is 32.2. The number of azo groups is 1. The van der Waals surface area contributed by atoms with Gasteiger partial charge in [0.25, 0.3) is 16.0 Å². The van der Waals surface area contributed by atoms with Crippen LogP contribution in [0.25, 0.3) is 0 Å². The lowest BCUT2D eigenvalue weighted by atomic mass is 10.0. The predicted octanol–water partition coefficient (Wildman–Crippen LogP) is 11.7. The molecule has 3 aromatic carbocycles. The Labute approximate surface area is 317 Å². The van der Waals surface area contributed by atoms with Crippen molar-refractivity contribution in [2.75, 3.05) is 23.0 Å². The first-order valence-electron chi connectivity index (χ1n) is 19.8. The number of anilines is 2. The monoisotopic (exact) mass is 745 g/mol. The lowest BCUT2D eigenvalue weighted by Crippen LogP contribution is -2.30. The predicted molar refractivity (Wildman–Crippen MR) is 216 cm³/mol. The molecule has 4 rings (SSSR count). The zero-order chi connectivity index (χ0) is 37.9. The molecule has 1 heterocycles. The Bertz CT molecular complexity index is 1710. The van der Waals surface area contributed by atoms with Crippen LogP contribution in [0.3, 0.4) is 0 Å². The first kappa shape index (κ1) is 41.7. The van der Waals surface area contributed by atoms with E-state index in [9.17, 15) is 17.8 Å². The number of ether oxygens (including phenoxy) is 1. The molecule has 0 saturated heterocycles. The van der Waals surface area contributed by atoms with Crippen LogP contribution in [0.15, 0.2) is 93.0 Å². The molecule has 0 spiro atoms. The summed E-state index contributed by atoms with van der Waals surface area (Å²) in [6, 6.07) is 19.6. The van der Waals surface area contributed by atoms with Crippen LogP contribution in [0.1, 0.15) is 124 Å². The third-order valence-corrected chi connectivity index (χ3v) is 10.6. The number of carbonyl (C=O) groups excluding carboxylic acids is 1. The highest BCUT2D eigenvalue weighted by Gasteiger charge is 2.37. The first-order valence-corrected chi connectivity index (χ1v) is 21.2. The van der Waals surface area contributed by atoms with Gasteiger partial charge in [-0.25, -0.2) is 0 Å². The maximum atomic E-state index is 13.9. The van der Waals surface area contributed by atoms with Gasteiger partial charge in [-0.1, -0.05) is 115 Å². The van der Waals surface area contributed by atoms with Gasteiger partial charge in [-0.05, 0) is 81.3 Å². The van der Waals surface area contributed by atoms with Crippen LogP contribution >= 0.6 is 0 Å². The number of unbranched alkanes of at least 4 members (excludes halogenated alkanes) is 14. The van der Waals surface area contributed by atoms with E-state index in [1.54, 1.807) is 30.3 Å². The van der Waals surface area contributed by atoms with Crippen LogP contribution in [-0.4, -0.2) is 43.7 Å². The fourth-order valence-corrected chi connectivity index (χ4v) is 7.26. The molecule has 0 fully saturated rings. The van der Waals surface area contributed by atoms with Crippen LogP contribution < -0.4 is 14.6 Å². The zero-order valence-electron chi connectivity index (χ0n) is 32.0. The number of benzene rings is 3. The van der Waals surface area contributed by atoms with Crippen molar-refractivity contribution in [1.82, 2.24) is 0 Å². The van der Waals surface area contributed by atoms with E-state index < -0.39 is 27.0 Å². The van der Waals surface area contributed by atoms with Gasteiger partial charge in [0.15, 0.2) is 6.04 Å². The maximum Gasteiger partial charge on any atom is 0.298 e. The molecule has 53 heavy (non-hydrogen) atoms. The van der Waals surface area contributed by atoms with E-state index in [-0.39, 0.29) is 11.4 Å². The van der Waals surface area contributed by atoms with Gasteiger partial charge in [-0.15, -0.1) is 0 Å². The minimum Gasteiger partial charge on any atom is -0.456 e. The summed E-state index contributed by atoms with van der Waals surface area (Å²) in [5.41, 5.74) is 2.46. The molecule has 0 radical (unpaired) electrons. The number of rotatable bonds is 25. The second-order valence-corrected chi connectivity index (χ2v) is 15.2. The third-order valence-electron chi connectivity index (χ3n) is 9.71. The number of amides is 1. The van der Waals surface area contributed by atoms with Gasteiger partial charge >= 0.3 is 0 Å². The topological polar surface area (TPSA) is 124 Å². The standard InChI is InChI=1S/C42H59N5O5S/c1-4-7-8-9-10-11-12-13-14-15-16-17-18-19-23-26-38-41(44-43-34-27-29-35(30-28-34)46(5-2)6-3)42(48)47(45-38)36-31-32-39(40(33-36)53(49,50)51)52-37-24-21-20-22-25-37/h20-22,24-25,27-33,41H,4-19,23,26H2,1-3H3,(H,49,50,51)/t41-/m0/s1. The van der Waals surface area contributed by atoms with Crippen LogP contribution in [-0.2, 0) is 14.9 Å². The summed E-state index contributed by atoms with van der Waals surface area (Å²) >= 11 is 0. The molecule has 1 aliphatic heterocycles. The third kappa shape index (κ3) is 13.4. The van der Waals surface area contributed by atoms with Gasteiger partial charge in [0, 0.05) is 18.8 Å². The van der Waals surface area contributed by atoms with E-state index in [1.165, 1.54) is 89.2 Å². The van der Waals surface area contributed by atoms with Crippen molar-refractivity contribution in [2.45, 2.75) is 134 Å². The highest BCUT2D eigenvalue weighted by Crippen LogP contribution is 2.35. The summed E-state index contributed by atoms with van der Waals surface area (Å²) in [5.74, 6) is -0.111.